The summed E-state index contributed by atoms with van der Waals surface area (Å²) in [5.41, 5.74) is 0.131. The van der Waals surface area contributed by atoms with E-state index in [-0.39, 0.29) is 29.4 Å². The van der Waals surface area contributed by atoms with Crippen molar-refractivity contribution in [3.63, 3.8) is 0 Å². The molecule has 1 rings (SSSR count). The number of amides is 1. The summed E-state index contributed by atoms with van der Waals surface area (Å²) in [5.74, 6) is -0.653. The molecule has 0 aromatic carbocycles. The molecule has 1 heterocycles. The van der Waals surface area contributed by atoms with Crippen LogP contribution in [-0.4, -0.2) is 45.1 Å². The topological polar surface area (TPSA) is 108 Å². The lowest BCUT2D eigenvalue weighted by molar-refractivity contribution is -0.389. The van der Waals surface area contributed by atoms with Gasteiger partial charge in [-0.05, 0) is 24.2 Å². The highest BCUT2D eigenvalue weighted by Crippen LogP contribution is 2.13. The predicted octanol–water partition coefficient (Wildman–Crippen LogP) is 0.765. The van der Waals surface area contributed by atoms with Crippen molar-refractivity contribution >= 4 is 23.5 Å². The van der Waals surface area contributed by atoms with Crippen molar-refractivity contribution in [1.82, 2.24) is 10.3 Å². The molecule has 2 atom stereocenters. The van der Waals surface area contributed by atoms with E-state index in [4.69, 9.17) is 5.11 Å². The molecule has 0 aliphatic rings. The van der Waals surface area contributed by atoms with Crippen LogP contribution >= 0.6 is 11.8 Å². The van der Waals surface area contributed by atoms with E-state index in [1.807, 2.05) is 6.26 Å². The molecule has 1 aromatic rings. The summed E-state index contributed by atoms with van der Waals surface area (Å²) in [6.07, 6.45) is 1.84. The molecule has 2 unspecified atom stereocenters. The molecule has 1 amide bonds. The van der Waals surface area contributed by atoms with E-state index in [1.165, 1.54) is 23.9 Å². The Kier molecular flexibility index (Phi) is 5.17. The molecule has 3 N–H and O–H groups in total. The van der Waals surface area contributed by atoms with Gasteiger partial charge < -0.3 is 20.5 Å². The van der Waals surface area contributed by atoms with Crippen LogP contribution in [0, 0.1) is 10.1 Å². The zero-order valence-corrected chi connectivity index (χ0v) is 10.9. The molecule has 8 heteroatoms. The summed E-state index contributed by atoms with van der Waals surface area (Å²) in [5, 5.41) is 22.1. The Labute approximate surface area is 108 Å². The third kappa shape index (κ3) is 3.47. The summed E-state index contributed by atoms with van der Waals surface area (Å²) in [7, 11) is 0. The zero-order chi connectivity index (χ0) is 13.7. The fourth-order valence-corrected chi connectivity index (χ4v) is 2.06. The first-order chi connectivity index (χ1) is 8.49. The highest BCUT2D eigenvalue weighted by Gasteiger charge is 2.21. The lowest BCUT2D eigenvalue weighted by Crippen LogP contribution is -2.41. The monoisotopic (exact) mass is 273 g/mol. The number of nitro groups is 1. The summed E-state index contributed by atoms with van der Waals surface area (Å²) < 4.78 is 0. The number of carbonyl (C=O) groups excluding carboxylic acids is 1. The van der Waals surface area contributed by atoms with E-state index in [0.29, 0.717) is 0 Å². The minimum atomic E-state index is -0.599. The standard InChI is InChI=1S/C10H15N3O4S/c1-6(8(5-14)18-2)11-10(15)7-3-4-9(12-7)13(16)17/h3-4,6,8,12,14H,5H2,1-2H3,(H,11,15). The number of nitrogens with one attached hydrogen (secondary N) is 2. The minimum absolute atomic E-state index is 0.0481. The average molecular weight is 273 g/mol. The number of aliphatic hydroxyl groups is 1. The molecule has 0 aliphatic carbocycles. The molecular formula is C10H15N3O4S. The second-order valence-electron chi connectivity index (χ2n) is 3.73. The molecule has 0 bridgehead atoms. The highest BCUT2D eigenvalue weighted by atomic mass is 32.2. The van der Waals surface area contributed by atoms with E-state index in [0.717, 1.165) is 0 Å². The molecule has 0 saturated heterocycles. The van der Waals surface area contributed by atoms with Crippen LogP contribution < -0.4 is 5.32 Å². The number of nitrogens with zero attached hydrogens (tertiary/aromatic N) is 1. The second kappa shape index (κ2) is 6.41. The maximum Gasteiger partial charge on any atom is 0.321 e. The molecule has 1 aromatic heterocycles. The number of aromatic amines is 1. The molecule has 18 heavy (non-hydrogen) atoms. The molecule has 0 saturated carbocycles. The van der Waals surface area contributed by atoms with E-state index in [2.05, 4.69) is 10.3 Å². The summed E-state index contributed by atoms with van der Waals surface area (Å²) in [6, 6.07) is 2.35. The van der Waals surface area contributed by atoms with Gasteiger partial charge in [-0.3, -0.25) is 4.79 Å². The Morgan fingerprint density at radius 2 is 2.33 bits per heavy atom. The SMILES string of the molecule is CSC(CO)C(C)NC(=O)c1ccc([N+](=O)[O-])[nH]1. The van der Waals surface area contributed by atoms with Gasteiger partial charge in [0.05, 0.1) is 6.61 Å². The average Bonchev–Trinajstić information content (AvgIpc) is 2.79. The Bertz CT molecular complexity index is 431. The van der Waals surface area contributed by atoms with E-state index in [1.54, 1.807) is 6.92 Å². The minimum Gasteiger partial charge on any atom is -0.395 e. The van der Waals surface area contributed by atoms with Crippen molar-refractivity contribution in [2.24, 2.45) is 0 Å². The first-order valence-electron chi connectivity index (χ1n) is 5.27. The summed E-state index contributed by atoms with van der Waals surface area (Å²) in [6.45, 7) is 1.72. The van der Waals surface area contributed by atoms with Gasteiger partial charge in [0.1, 0.15) is 0 Å². The molecule has 100 valence electrons. The number of hydrogen-bond acceptors (Lipinski definition) is 5. The van der Waals surface area contributed by atoms with E-state index >= 15 is 0 Å². The predicted molar refractivity (Wildman–Crippen MR) is 68.8 cm³/mol. The van der Waals surface area contributed by atoms with Crippen LogP contribution in [0.2, 0.25) is 0 Å². The van der Waals surface area contributed by atoms with E-state index in [9.17, 15) is 14.9 Å². The van der Waals surface area contributed by atoms with Crippen LogP contribution in [-0.2, 0) is 0 Å². The van der Waals surface area contributed by atoms with Gasteiger partial charge >= 0.3 is 5.82 Å². The maximum absolute atomic E-state index is 11.8. The van der Waals surface area contributed by atoms with Crippen LogP contribution in [0.15, 0.2) is 12.1 Å². The quantitative estimate of drug-likeness (QED) is 0.524. The summed E-state index contributed by atoms with van der Waals surface area (Å²) >= 11 is 1.44. The summed E-state index contributed by atoms with van der Waals surface area (Å²) in [4.78, 5) is 24.1. The number of carbonyl (C=O) groups is 1. The zero-order valence-electron chi connectivity index (χ0n) is 10.0. The first kappa shape index (κ1) is 14.5. The fraction of sp³-hybridized carbons (Fsp3) is 0.500. The number of aromatic nitrogens is 1. The van der Waals surface area contributed by atoms with Gasteiger partial charge in [-0.1, -0.05) is 0 Å². The first-order valence-corrected chi connectivity index (χ1v) is 6.56. The Morgan fingerprint density at radius 3 is 2.78 bits per heavy atom. The van der Waals surface area contributed by atoms with Gasteiger partial charge in [0.25, 0.3) is 5.91 Å². The number of rotatable bonds is 6. The molecule has 0 radical (unpaired) electrons. The lowest BCUT2D eigenvalue weighted by atomic mass is 10.2. The number of hydrogen-bond donors (Lipinski definition) is 3. The lowest BCUT2D eigenvalue weighted by Gasteiger charge is -2.20. The van der Waals surface area contributed by atoms with Crippen LogP contribution in [0.4, 0.5) is 5.82 Å². The van der Waals surface area contributed by atoms with Gasteiger partial charge in [0, 0.05) is 17.4 Å². The normalized spacial score (nSPS) is 13.9. The van der Waals surface area contributed by atoms with Gasteiger partial charge in [-0.2, -0.15) is 11.8 Å². The van der Waals surface area contributed by atoms with Gasteiger partial charge in [0.2, 0.25) is 0 Å². The maximum atomic E-state index is 11.8. The van der Waals surface area contributed by atoms with Crippen molar-refractivity contribution in [2.45, 2.75) is 18.2 Å². The van der Waals surface area contributed by atoms with Gasteiger partial charge in [0.15, 0.2) is 5.69 Å². The Balaban J connectivity index is 2.67. The largest absolute Gasteiger partial charge is 0.395 e. The molecular weight excluding hydrogens is 258 g/mol. The van der Waals surface area contributed by atoms with E-state index < -0.39 is 10.8 Å². The van der Waals surface area contributed by atoms with Crippen molar-refractivity contribution < 1.29 is 14.8 Å². The Morgan fingerprint density at radius 1 is 1.67 bits per heavy atom. The van der Waals surface area contributed by atoms with Gasteiger partial charge in [-0.15, -0.1) is 0 Å². The third-order valence-electron chi connectivity index (χ3n) is 2.51. The van der Waals surface area contributed by atoms with Crippen LogP contribution in [0.5, 0.6) is 0 Å². The fourth-order valence-electron chi connectivity index (χ4n) is 1.44. The highest BCUT2D eigenvalue weighted by molar-refractivity contribution is 7.99. The second-order valence-corrected chi connectivity index (χ2v) is 4.81. The van der Waals surface area contributed by atoms with Crippen molar-refractivity contribution in [3.05, 3.63) is 27.9 Å². The van der Waals surface area contributed by atoms with Crippen molar-refractivity contribution in [2.75, 3.05) is 12.9 Å². The molecule has 0 aliphatic heterocycles. The van der Waals surface area contributed by atoms with Crippen LogP contribution in [0.1, 0.15) is 17.4 Å². The molecule has 7 nitrogen and oxygen atoms in total. The van der Waals surface area contributed by atoms with Crippen molar-refractivity contribution in [3.8, 4) is 0 Å². The number of aliphatic hydroxyl groups excluding tert-OH is 1. The molecule has 0 spiro atoms. The van der Waals surface area contributed by atoms with Crippen molar-refractivity contribution in [1.29, 1.82) is 0 Å². The molecule has 0 fully saturated rings. The van der Waals surface area contributed by atoms with Crippen LogP contribution in [0.25, 0.3) is 0 Å². The number of thioether (sulfide) groups is 1. The Hall–Kier alpha value is -1.54. The van der Waals surface area contributed by atoms with Gasteiger partial charge in [-0.25, -0.2) is 4.98 Å². The smallest absolute Gasteiger partial charge is 0.321 e. The number of H-pyrrole nitrogens is 1. The van der Waals surface area contributed by atoms with Crippen LogP contribution in [0.3, 0.4) is 0 Å². The third-order valence-corrected chi connectivity index (χ3v) is 3.67.